The number of urea groups is 1. The van der Waals surface area contributed by atoms with Crippen molar-refractivity contribution in [3.63, 3.8) is 0 Å². The van der Waals surface area contributed by atoms with Gasteiger partial charge in [-0.05, 0) is 35.7 Å². The molecule has 0 aliphatic carbocycles. The average Bonchev–Trinajstić information content (AvgIpc) is 3.08. The van der Waals surface area contributed by atoms with Crippen molar-refractivity contribution < 1.29 is 14.0 Å². The number of nitrogens with one attached hydrogen (secondary N) is 1. The van der Waals surface area contributed by atoms with Crippen LogP contribution >= 0.6 is 0 Å². The van der Waals surface area contributed by atoms with Crippen molar-refractivity contribution in [1.82, 2.24) is 10.2 Å². The second kappa shape index (κ2) is 6.55. The van der Waals surface area contributed by atoms with Gasteiger partial charge in [-0.25, -0.2) is 4.79 Å². The Labute approximate surface area is 150 Å². The van der Waals surface area contributed by atoms with Crippen LogP contribution in [-0.2, 0) is 19.5 Å². The fraction of sp³-hybridized carbons (Fsp3) is 0.200. The third kappa shape index (κ3) is 3.01. The molecular formula is C20H19N3O3. The molecule has 1 aliphatic rings. The van der Waals surface area contributed by atoms with Crippen molar-refractivity contribution in [2.24, 2.45) is 5.73 Å². The van der Waals surface area contributed by atoms with Gasteiger partial charge < -0.3 is 20.4 Å². The van der Waals surface area contributed by atoms with E-state index in [1.54, 1.807) is 17.0 Å². The highest BCUT2D eigenvalue weighted by atomic mass is 16.3. The summed E-state index contributed by atoms with van der Waals surface area (Å²) in [7, 11) is 0. The Hall–Kier alpha value is -3.28. The number of fused-ring (bicyclic) bond motifs is 2. The first kappa shape index (κ1) is 16.2. The normalized spacial score (nSPS) is 13.5. The monoisotopic (exact) mass is 349 g/mol. The van der Waals surface area contributed by atoms with E-state index in [0.29, 0.717) is 37.4 Å². The largest absolute Gasteiger partial charge is 0.459 e. The molecule has 1 aromatic heterocycles. The molecule has 0 saturated heterocycles. The van der Waals surface area contributed by atoms with Crippen LogP contribution in [0.4, 0.5) is 4.79 Å². The molecule has 0 bridgehead atoms. The van der Waals surface area contributed by atoms with Gasteiger partial charge in [0.15, 0.2) is 0 Å². The first-order chi connectivity index (χ1) is 12.6. The van der Waals surface area contributed by atoms with Crippen molar-refractivity contribution >= 4 is 22.9 Å². The maximum atomic E-state index is 12.5. The lowest BCUT2D eigenvalue weighted by Gasteiger charge is -2.29. The molecule has 0 saturated carbocycles. The lowest BCUT2D eigenvalue weighted by Crippen LogP contribution is -2.42. The minimum Gasteiger partial charge on any atom is -0.459 e. The standard InChI is InChI=1S/C20H19N3O3/c21-19(24)17-6-3-5-14-12-23(9-8-16(14)17)20(25)22-11-15-10-13-4-1-2-7-18(13)26-15/h1-7,10H,8-9,11-12H2,(H2,21,24)(H,22,25). The highest BCUT2D eigenvalue weighted by molar-refractivity contribution is 5.94. The number of benzene rings is 2. The number of carbonyl (C=O) groups is 2. The number of hydrogen-bond acceptors (Lipinski definition) is 3. The molecule has 3 aromatic rings. The van der Waals surface area contributed by atoms with Gasteiger partial charge in [-0.3, -0.25) is 4.79 Å². The van der Waals surface area contributed by atoms with Crippen LogP contribution in [0.2, 0.25) is 0 Å². The Balaban J connectivity index is 1.43. The van der Waals surface area contributed by atoms with E-state index in [2.05, 4.69) is 5.32 Å². The summed E-state index contributed by atoms with van der Waals surface area (Å²) in [4.78, 5) is 25.8. The zero-order chi connectivity index (χ0) is 18.1. The number of nitrogens with two attached hydrogens (primary N) is 1. The van der Waals surface area contributed by atoms with Crippen LogP contribution < -0.4 is 11.1 Å². The first-order valence-corrected chi connectivity index (χ1v) is 8.52. The fourth-order valence-corrected chi connectivity index (χ4v) is 3.41. The molecule has 2 aromatic carbocycles. The molecule has 26 heavy (non-hydrogen) atoms. The van der Waals surface area contributed by atoms with E-state index in [1.165, 1.54) is 0 Å². The second-order valence-corrected chi connectivity index (χ2v) is 6.39. The van der Waals surface area contributed by atoms with Gasteiger partial charge in [0.1, 0.15) is 11.3 Å². The number of carbonyl (C=O) groups excluding carboxylic acids is 2. The van der Waals surface area contributed by atoms with Crippen molar-refractivity contribution in [3.05, 3.63) is 71.0 Å². The maximum Gasteiger partial charge on any atom is 0.318 e. The van der Waals surface area contributed by atoms with Gasteiger partial charge in [0.05, 0.1) is 6.54 Å². The zero-order valence-electron chi connectivity index (χ0n) is 14.2. The summed E-state index contributed by atoms with van der Waals surface area (Å²) in [5.41, 5.74) is 8.70. The van der Waals surface area contributed by atoms with Crippen molar-refractivity contribution in [2.45, 2.75) is 19.5 Å². The van der Waals surface area contributed by atoms with E-state index >= 15 is 0 Å². The van der Waals surface area contributed by atoms with Gasteiger partial charge in [-0.1, -0.05) is 30.3 Å². The van der Waals surface area contributed by atoms with Crippen LogP contribution in [0.15, 0.2) is 52.9 Å². The van der Waals surface area contributed by atoms with E-state index in [-0.39, 0.29) is 6.03 Å². The number of primary amides is 1. The number of nitrogens with zero attached hydrogens (tertiary/aromatic N) is 1. The molecule has 2 heterocycles. The van der Waals surface area contributed by atoms with E-state index < -0.39 is 5.91 Å². The minimum absolute atomic E-state index is 0.152. The van der Waals surface area contributed by atoms with Crippen LogP contribution in [0.25, 0.3) is 11.0 Å². The predicted molar refractivity (Wildman–Crippen MR) is 97.5 cm³/mol. The Bertz CT molecular complexity index is 960. The molecule has 132 valence electrons. The zero-order valence-corrected chi connectivity index (χ0v) is 14.2. The average molecular weight is 349 g/mol. The Morgan fingerprint density at radius 1 is 1.15 bits per heavy atom. The molecule has 3 amide bonds. The number of hydrogen-bond donors (Lipinski definition) is 2. The summed E-state index contributed by atoms with van der Waals surface area (Å²) < 4.78 is 5.72. The molecule has 0 unspecified atom stereocenters. The lowest BCUT2D eigenvalue weighted by atomic mass is 9.94. The topological polar surface area (TPSA) is 88.6 Å². The predicted octanol–water partition coefficient (Wildman–Crippen LogP) is 2.80. The maximum absolute atomic E-state index is 12.5. The van der Waals surface area contributed by atoms with Crippen molar-refractivity contribution in [1.29, 1.82) is 0 Å². The van der Waals surface area contributed by atoms with Gasteiger partial charge in [-0.2, -0.15) is 0 Å². The molecule has 1 aliphatic heterocycles. The number of rotatable bonds is 3. The summed E-state index contributed by atoms with van der Waals surface area (Å²) in [6.07, 6.45) is 0.618. The summed E-state index contributed by atoms with van der Waals surface area (Å²) >= 11 is 0. The summed E-state index contributed by atoms with van der Waals surface area (Å²) in [5, 5.41) is 3.92. The molecule has 3 N–H and O–H groups in total. The quantitative estimate of drug-likeness (QED) is 0.762. The lowest BCUT2D eigenvalue weighted by molar-refractivity contribution is 0.0998. The van der Waals surface area contributed by atoms with Gasteiger partial charge in [-0.15, -0.1) is 0 Å². The SMILES string of the molecule is NC(=O)c1cccc2c1CCN(C(=O)NCc1cc3ccccc3o1)C2. The summed E-state index contributed by atoms with van der Waals surface area (Å²) in [6.45, 7) is 1.34. The van der Waals surface area contributed by atoms with E-state index in [9.17, 15) is 9.59 Å². The Morgan fingerprint density at radius 3 is 2.81 bits per heavy atom. The van der Waals surface area contributed by atoms with Gasteiger partial charge in [0.25, 0.3) is 0 Å². The third-order valence-electron chi connectivity index (χ3n) is 4.71. The fourth-order valence-electron chi connectivity index (χ4n) is 3.41. The van der Waals surface area contributed by atoms with E-state index in [4.69, 9.17) is 10.2 Å². The minimum atomic E-state index is -0.426. The molecule has 0 radical (unpaired) electrons. The molecule has 6 nitrogen and oxygen atoms in total. The van der Waals surface area contributed by atoms with E-state index in [1.807, 2.05) is 36.4 Å². The summed E-state index contributed by atoms with van der Waals surface area (Å²) in [6, 6.07) is 15.0. The van der Waals surface area contributed by atoms with Gasteiger partial charge >= 0.3 is 6.03 Å². The first-order valence-electron chi connectivity index (χ1n) is 8.52. The van der Waals surface area contributed by atoms with Crippen LogP contribution in [0.1, 0.15) is 27.2 Å². The highest BCUT2D eigenvalue weighted by Gasteiger charge is 2.23. The Morgan fingerprint density at radius 2 is 2.00 bits per heavy atom. The van der Waals surface area contributed by atoms with Gasteiger partial charge in [0.2, 0.25) is 5.91 Å². The highest BCUT2D eigenvalue weighted by Crippen LogP contribution is 2.23. The molecule has 6 heteroatoms. The third-order valence-corrected chi connectivity index (χ3v) is 4.71. The molecule has 0 spiro atoms. The molecular weight excluding hydrogens is 330 g/mol. The van der Waals surface area contributed by atoms with Crippen LogP contribution in [0, 0.1) is 0 Å². The Kier molecular flexibility index (Phi) is 4.08. The van der Waals surface area contributed by atoms with Crippen molar-refractivity contribution in [2.75, 3.05) is 6.54 Å². The van der Waals surface area contributed by atoms with E-state index in [0.717, 1.165) is 22.1 Å². The number of furan rings is 1. The van der Waals surface area contributed by atoms with Crippen molar-refractivity contribution in [3.8, 4) is 0 Å². The van der Waals surface area contributed by atoms with Crippen LogP contribution in [-0.4, -0.2) is 23.4 Å². The van der Waals surface area contributed by atoms with Gasteiger partial charge in [0, 0.05) is 24.0 Å². The second-order valence-electron chi connectivity index (χ2n) is 6.39. The van der Waals surface area contributed by atoms with Crippen LogP contribution in [0.5, 0.6) is 0 Å². The molecule has 0 atom stereocenters. The van der Waals surface area contributed by atoms with Crippen LogP contribution in [0.3, 0.4) is 0 Å². The number of amides is 3. The number of para-hydroxylation sites is 1. The summed E-state index contributed by atoms with van der Waals surface area (Å²) in [5.74, 6) is 0.289. The molecule has 0 fully saturated rings. The molecule has 4 rings (SSSR count). The smallest absolute Gasteiger partial charge is 0.318 e.